The molecule has 0 aromatic carbocycles. The van der Waals surface area contributed by atoms with Crippen LogP contribution < -0.4 is 0 Å². The zero-order valence-corrected chi connectivity index (χ0v) is 12.3. The lowest BCUT2D eigenvalue weighted by molar-refractivity contribution is -0.155. The third kappa shape index (κ3) is 4.31. The Morgan fingerprint density at radius 2 is 1.61 bits per heavy atom. The molecular weight excluding hydrogens is 230 g/mol. The third-order valence-electron chi connectivity index (χ3n) is 3.62. The Kier molecular flexibility index (Phi) is 6.96. The average Bonchev–Trinajstić information content (AvgIpc) is 2.27. The molecule has 0 rings (SSSR count). The van der Waals surface area contributed by atoms with Crippen LogP contribution in [0.25, 0.3) is 0 Å². The van der Waals surface area contributed by atoms with Gasteiger partial charge in [-0.3, -0.25) is 9.59 Å². The number of rotatable bonds is 8. The first-order valence-electron chi connectivity index (χ1n) is 6.80. The zero-order chi connectivity index (χ0) is 14.3. The molecule has 0 bridgehead atoms. The molecule has 0 aliphatic rings. The fraction of sp³-hybridized carbons (Fsp3) is 0.857. The molecule has 0 saturated carbocycles. The summed E-state index contributed by atoms with van der Waals surface area (Å²) in [5.41, 5.74) is -0.975. The molecule has 1 atom stereocenters. The van der Waals surface area contributed by atoms with Crippen molar-refractivity contribution in [3.63, 3.8) is 0 Å². The molecule has 4 heteroatoms. The first-order chi connectivity index (χ1) is 8.29. The molecule has 4 nitrogen and oxygen atoms in total. The lowest BCUT2D eigenvalue weighted by atomic mass is 9.76. The molecular formula is C14H27NO3. The first kappa shape index (κ1) is 16.9. The minimum atomic E-state index is -0.975. The number of hydrogen-bond acceptors (Lipinski definition) is 2. The van der Waals surface area contributed by atoms with Crippen LogP contribution in [0, 0.1) is 11.3 Å². The van der Waals surface area contributed by atoms with Gasteiger partial charge in [0.1, 0.15) is 0 Å². The zero-order valence-electron chi connectivity index (χ0n) is 12.3. The van der Waals surface area contributed by atoms with Crippen molar-refractivity contribution in [2.75, 3.05) is 13.1 Å². The minimum Gasteiger partial charge on any atom is -0.481 e. The second-order valence-electron chi connectivity index (χ2n) is 5.43. The van der Waals surface area contributed by atoms with Crippen LogP contribution in [-0.2, 0) is 9.59 Å². The van der Waals surface area contributed by atoms with E-state index in [1.165, 1.54) is 0 Å². The van der Waals surface area contributed by atoms with Crippen LogP contribution >= 0.6 is 0 Å². The van der Waals surface area contributed by atoms with E-state index < -0.39 is 11.4 Å². The number of carboxylic acid groups (broad SMARTS) is 1. The molecule has 1 amide bonds. The van der Waals surface area contributed by atoms with Gasteiger partial charge in [-0.25, -0.2) is 0 Å². The smallest absolute Gasteiger partial charge is 0.310 e. The van der Waals surface area contributed by atoms with Gasteiger partial charge < -0.3 is 10.0 Å². The Morgan fingerprint density at radius 3 is 1.89 bits per heavy atom. The summed E-state index contributed by atoms with van der Waals surface area (Å²) in [7, 11) is 0. The third-order valence-corrected chi connectivity index (χ3v) is 3.62. The number of carbonyl (C=O) groups excluding carboxylic acids is 1. The highest BCUT2D eigenvalue weighted by Crippen LogP contribution is 2.32. The van der Waals surface area contributed by atoms with E-state index in [1.807, 2.05) is 27.7 Å². The highest BCUT2D eigenvalue weighted by atomic mass is 16.4. The number of carbonyl (C=O) groups is 2. The largest absolute Gasteiger partial charge is 0.481 e. The Balaban J connectivity index is 4.82. The first-order valence-corrected chi connectivity index (χ1v) is 6.80. The van der Waals surface area contributed by atoms with Gasteiger partial charge in [-0.1, -0.05) is 27.7 Å². The monoisotopic (exact) mass is 257 g/mol. The van der Waals surface area contributed by atoms with Crippen LogP contribution in [-0.4, -0.2) is 35.0 Å². The standard InChI is InChI=1S/C14H27NO3/c1-6-8-15(9-7-2)12(16)10-14(5,11(3)4)13(17)18/h11H,6-10H2,1-5H3,(H,17,18). The van der Waals surface area contributed by atoms with Crippen LogP contribution in [0.15, 0.2) is 0 Å². The van der Waals surface area contributed by atoms with Crippen molar-refractivity contribution < 1.29 is 14.7 Å². The van der Waals surface area contributed by atoms with Crippen molar-refractivity contribution in [2.45, 2.75) is 53.9 Å². The molecule has 0 fully saturated rings. The maximum atomic E-state index is 12.2. The van der Waals surface area contributed by atoms with E-state index in [0.717, 1.165) is 12.8 Å². The van der Waals surface area contributed by atoms with Crippen LogP contribution in [0.2, 0.25) is 0 Å². The van der Waals surface area contributed by atoms with Gasteiger partial charge in [0.05, 0.1) is 5.41 Å². The van der Waals surface area contributed by atoms with E-state index in [1.54, 1.807) is 11.8 Å². The molecule has 0 aliphatic carbocycles. The second-order valence-corrected chi connectivity index (χ2v) is 5.43. The van der Waals surface area contributed by atoms with Gasteiger partial charge >= 0.3 is 5.97 Å². The van der Waals surface area contributed by atoms with Crippen LogP contribution in [0.4, 0.5) is 0 Å². The van der Waals surface area contributed by atoms with E-state index in [0.29, 0.717) is 13.1 Å². The van der Waals surface area contributed by atoms with Gasteiger partial charge in [-0.2, -0.15) is 0 Å². The van der Waals surface area contributed by atoms with Gasteiger partial charge in [0.15, 0.2) is 0 Å². The number of carboxylic acids is 1. The molecule has 0 radical (unpaired) electrons. The maximum Gasteiger partial charge on any atom is 0.310 e. The van der Waals surface area contributed by atoms with Crippen molar-refractivity contribution in [1.82, 2.24) is 4.90 Å². The number of aliphatic carboxylic acids is 1. The number of nitrogens with zero attached hydrogens (tertiary/aromatic N) is 1. The Morgan fingerprint density at radius 1 is 1.17 bits per heavy atom. The quantitative estimate of drug-likeness (QED) is 0.727. The van der Waals surface area contributed by atoms with E-state index in [2.05, 4.69) is 0 Å². The Bertz CT molecular complexity index is 283. The van der Waals surface area contributed by atoms with Gasteiger partial charge in [-0.05, 0) is 25.7 Å². The summed E-state index contributed by atoms with van der Waals surface area (Å²) in [6.45, 7) is 10.8. The summed E-state index contributed by atoms with van der Waals surface area (Å²) in [6.07, 6.45) is 1.88. The lowest BCUT2D eigenvalue weighted by Gasteiger charge is -2.31. The molecule has 106 valence electrons. The molecule has 18 heavy (non-hydrogen) atoms. The van der Waals surface area contributed by atoms with Crippen molar-refractivity contribution in [3.8, 4) is 0 Å². The van der Waals surface area contributed by atoms with E-state index in [-0.39, 0.29) is 18.2 Å². The molecule has 0 aromatic rings. The van der Waals surface area contributed by atoms with E-state index in [4.69, 9.17) is 0 Å². The molecule has 0 aromatic heterocycles. The molecule has 0 spiro atoms. The summed E-state index contributed by atoms with van der Waals surface area (Å²) in [4.78, 5) is 25.4. The number of hydrogen-bond donors (Lipinski definition) is 1. The Hall–Kier alpha value is -1.06. The predicted octanol–water partition coefficient (Wildman–Crippen LogP) is 2.77. The molecule has 0 aliphatic heterocycles. The molecule has 1 unspecified atom stereocenters. The highest BCUT2D eigenvalue weighted by molar-refractivity contribution is 5.85. The van der Waals surface area contributed by atoms with Gasteiger partial charge in [0.2, 0.25) is 5.91 Å². The summed E-state index contributed by atoms with van der Waals surface area (Å²) in [5, 5.41) is 9.32. The normalized spacial score (nSPS) is 14.3. The number of amides is 1. The highest BCUT2D eigenvalue weighted by Gasteiger charge is 2.39. The molecule has 0 heterocycles. The van der Waals surface area contributed by atoms with Crippen LogP contribution in [0.1, 0.15) is 53.9 Å². The van der Waals surface area contributed by atoms with E-state index in [9.17, 15) is 14.7 Å². The summed E-state index contributed by atoms with van der Waals surface area (Å²) >= 11 is 0. The van der Waals surface area contributed by atoms with Crippen LogP contribution in [0.3, 0.4) is 0 Å². The van der Waals surface area contributed by atoms with Crippen molar-refractivity contribution in [3.05, 3.63) is 0 Å². The van der Waals surface area contributed by atoms with Crippen molar-refractivity contribution in [1.29, 1.82) is 0 Å². The topological polar surface area (TPSA) is 57.6 Å². The van der Waals surface area contributed by atoms with Crippen molar-refractivity contribution >= 4 is 11.9 Å². The molecule has 0 saturated heterocycles. The Labute approximate surface area is 110 Å². The summed E-state index contributed by atoms with van der Waals surface area (Å²) < 4.78 is 0. The van der Waals surface area contributed by atoms with Crippen molar-refractivity contribution in [2.24, 2.45) is 11.3 Å². The fourth-order valence-electron chi connectivity index (χ4n) is 1.85. The molecule has 1 N–H and O–H groups in total. The predicted molar refractivity (Wildman–Crippen MR) is 72.4 cm³/mol. The maximum absolute atomic E-state index is 12.2. The van der Waals surface area contributed by atoms with Gasteiger partial charge in [-0.15, -0.1) is 0 Å². The SMILES string of the molecule is CCCN(CCC)C(=O)CC(C)(C(=O)O)C(C)C. The summed E-state index contributed by atoms with van der Waals surface area (Å²) in [6, 6.07) is 0. The van der Waals surface area contributed by atoms with E-state index >= 15 is 0 Å². The van der Waals surface area contributed by atoms with Gasteiger partial charge in [0.25, 0.3) is 0 Å². The minimum absolute atomic E-state index is 0.0442. The fourth-order valence-corrected chi connectivity index (χ4v) is 1.85. The van der Waals surface area contributed by atoms with Gasteiger partial charge in [0, 0.05) is 19.5 Å². The summed E-state index contributed by atoms with van der Waals surface area (Å²) in [5.74, 6) is -1.000. The van der Waals surface area contributed by atoms with Crippen LogP contribution in [0.5, 0.6) is 0 Å². The lowest BCUT2D eigenvalue weighted by Crippen LogP contribution is -2.41. The second kappa shape index (κ2) is 7.39. The average molecular weight is 257 g/mol.